The van der Waals surface area contributed by atoms with Gasteiger partial charge in [-0.15, -0.1) is 0 Å². The van der Waals surface area contributed by atoms with Crippen molar-refractivity contribution < 1.29 is 5.11 Å². The monoisotopic (exact) mass is 324 g/mol. The predicted octanol–water partition coefficient (Wildman–Crippen LogP) is 3.46. The number of aromatic hydroxyl groups is 1. The molecule has 0 fully saturated rings. The highest BCUT2D eigenvalue weighted by Crippen LogP contribution is 2.24. The van der Waals surface area contributed by atoms with Crippen LogP contribution in [-0.4, -0.2) is 21.3 Å². The number of nitrogens with one attached hydrogen (secondary N) is 1. The van der Waals surface area contributed by atoms with Gasteiger partial charge in [0.2, 0.25) is 0 Å². The molecule has 2 N–H and O–H groups in total. The first-order chi connectivity index (χ1) is 11.2. The fourth-order valence-corrected chi connectivity index (χ4v) is 2.82. The third kappa shape index (κ3) is 3.46. The molecule has 0 unspecified atom stereocenters. The zero-order valence-corrected chi connectivity index (χ0v) is 13.4. The van der Waals surface area contributed by atoms with Gasteiger partial charge >= 0.3 is 0 Å². The molecule has 0 spiro atoms. The minimum atomic E-state index is -0.147. The Morgan fingerprint density at radius 1 is 1.13 bits per heavy atom. The first-order valence-electron chi connectivity index (χ1n) is 7.18. The van der Waals surface area contributed by atoms with E-state index in [1.807, 2.05) is 42.7 Å². The van der Waals surface area contributed by atoms with Crippen LogP contribution in [0.5, 0.6) is 5.75 Å². The molecule has 0 radical (unpaired) electrons. The van der Waals surface area contributed by atoms with Gasteiger partial charge in [-0.05, 0) is 24.0 Å². The van der Waals surface area contributed by atoms with E-state index in [4.69, 9.17) is 0 Å². The molecule has 2 aromatic carbocycles. The van der Waals surface area contributed by atoms with Crippen molar-refractivity contribution in [3.63, 3.8) is 0 Å². The molecule has 1 aromatic heterocycles. The van der Waals surface area contributed by atoms with Gasteiger partial charge in [0.1, 0.15) is 5.75 Å². The summed E-state index contributed by atoms with van der Waals surface area (Å²) in [5.41, 5.74) is 2.91. The molecule has 0 aliphatic rings. The summed E-state index contributed by atoms with van der Waals surface area (Å²) in [6.45, 7) is 0. The lowest BCUT2D eigenvalue weighted by atomic mass is 10.0. The average molecular weight is 324 g/mol. The SMILES string of the molecule is CSc1nc(-c2ccccc2)c(Cc2cccc(O)c2)c(=O)[nH]1. The number of rotatable bonds is 4. The molecule has 0 atom stereocenters. The van der Waals surface area contributed by atoms with Crippen molar-refractivity contribution in [3.8, 4) is 17.0 Å². The van der Waals surface area contributed by atoms with Crippen molar-refractivity contribution >= 4 is 11.8 Å². The first-order valence-corrected chi connectivity index (χ1v) is 8.40. The van der Waals surface area contributed by atoms with Crippen LogP contribution in [0.1, 0.15) is 11.1 Å². The Morgan fingerprint density at radius 3 is 2.61 bits per heavy atom. The number of phenolic OH excluding ortho intramolecular Hbond substituents is 1. The highest BCUT2D eigenvalue weighted by molar-refractivity contribution is 7.98. The Hall–Kier alpha value is -2.53. The summed E-state index contributed by atoms with van der Waals surface area (Å²) in [6.07, 6.45) is 2.29. The maximum atomic E-state index is 12.5. The molecule has 0 amide bonds. The summed E-state index contributed by atoms with van der Waals surface area (Å²) < 4.78 is 0. The molecule has 23 heavy (non-hydrogen) atoms. The van der Waals surface area contributed by atoms with Gasteiger partial charge in [0.05, 0.1) is 5.69 Å². The van der Waals surface area contributed by atoms with Crippen LogP contribution < -0.4 is 5.56 Å². The Balaban J connectivity index is 2.13. The van der Waals surface area contributed by atoms with E-state index in [0.717, 1.165) is 11.1 Å². The zero-order chi connectivity index (χ0) is 16.2. The van der Waals surface area contributed by atoms with Gasteiger partial charge in [-0.1, -0.05) is 54.2 Å². The average Bonchev–Trinajstić information content (AvgIpc) is 2.57. The molecule has 116 valence electrons. The van der Waals surface area contributed by atoms with Crippen molar-refractivity contribution in [2.75, 3.05) is 6.26 Å². The second kappa shape index (κ2) is 6.71. The maximum Gasteiger partial charge on any atom is 0.255 e. The molecule has 0 bridgehead atoms. The summed E-state index contributed by atoms with van der Waals surface area (Å²) >= 11 is 1.40. The third-order valence-corrected chi connectivity index (χ3v) is 4.11. The van der Waals surface area contributed by atoms with E-state index < -0.39 is 0 Å². The smallest absolute Gasteiger partial charge is 0.255 e. The maximum absolute atomic E-state index is 12.5. The molecule has 0 saturated carbocycles. The van der Waals surface area contributed by atoms with Gasteiger partial charge in [0.15, 0.2) is 5.16 Å². The van der Waals surface area contributed by atoms with Crippen molar-refractivity contribution in [2.24, 2.45) is 0 Å². The van der Waals surface area contributed by atoms with E-state index in [9.17, 15) is 9.90 Å². The van der Waals surface area contributed by atoms with Gasteiger partial charge in [0, 0.05) is 17.5 Å². The van der Waals surface area contributed by atoms with Crippen LogP contribution in [0.25, 0.3) is 11.3 Å². The number of nitrogens with zero attached hydrogens (tertiary/aromatic N) is 1. The standard InChI is InChI=1S/C18H16N2O2S/c1-23-18-19-16(13-7-3-2-4-8-13)15(17(22)20-18)11-12-6-5-9-14(21)10-12/h2-10,21H,11H2,1H3,(H,19,20,22). The van der Waals surface area contributed by atoms with Crippen LogP contribution >= 0.6 is 11.8 Å². The van der Waals surface area contributed by atoms with E-state index in [1.54, 1.807) is 18.2 Å². The van der Waals surface area contributed by atoms with Gasteiger partial charge in [0.25, 0.3) is 5.56 Å². The predicted molar refractivity (Wildman–Crippen MR) is 93.0 cm³/mol. The minimum absolute atomic E-state index is 0.147. The fraction of sp³-hybridized carbons (Fsp3) is 0.111. The van der Waals surface area contributed by atoms with Crippen LogP contribution in [0.2, 0.25) is 0 Å². The molecule has 4 nitrogen and oxygen atoms in total. The van der Waals surface area contributed by atoms with Gasteiger partial charge in [-0.3, -0.25) is 4.79 Å². The molecule has 0 aliphatic heterocycles. The number of aromatic nitrogens is 2. The van der Waals surface area contributed by atoms with Crippen LogP contribution in [-0.2, 0) is 6.42 Å². The van der Waals surface area contributed by atoms with E-state index in [1.165, 1.54) is 11.8 Å². The van der Waals surface area contributed by atoms with Gasteiger partial charge in [-0.2, -0.15) is 0 Å². The third-order valence-electron chi connectivity index (χ3n) is 3.53. The quantitative estimate of drug-likeness (QED) is 0.570. The molecule has 0 aliphatic carbocycles. The Bertz CT molecular complexity index is 876. The first kappa shape index (κ1) is 15.4. The number of aromatic amines is 1. The minimum Gasteiger partial charge on any atom is -0.508 e. The van der Waals surface area contributed by atoms with E-state index in [-0.39, 0.29) is 11.3 Å². The summed E-state index contributed by atoms with van der Waals surface area (Å²) in [5.74, 6) is 0.189. The van der Waals surface area contributed by atoms with Crippen molar-refractivity contribution in [1.29, 1.82) is 0 Å². The van der Waals surface area contributed by atoms with Crippen LogP contribution in [0, 0.1) is 0 Å². The van der Waals surface area contributed by atoms with Crippen LogP contribution in [0.15, 0.2) is 64.5 Å². The van der Waals surface area contributed by atoms with Gasteiger partial charge in [-0.25, -0.2) is 4.98 Å². The molecular weight excluding hydrogens is 308 g/mol. The van der Waals surface area contributed by atoms with E-state index in [0.29, 0.717) is 22.8 Å². The van der Waals surface area contributed by atoms with Crippen LogP contribution in [0.4, 0.5) is 0 Å². The second-order valence-corrected chi connectivity index (χ2v) is 5.91. The summed E-state index contributed by atoms with van der Waals surface area (Å²) in [4.78, 5) is 19.9. The lowest BCUT2D eigenvalue weighted by molar-refractivity contribution is 0.474. The normalized spacial score (nSPS) is 10.7. The molecular formula is C18H16N2O2S. The lowest BCUT2D eigenvalue weighted by Crippen LogP contribution is -2.17. The summed E-state index contributed by atoms with van der Waals surface area (Å²) in [7, 11) is 0. The van der Waals surface area contributed by atoms with Crippen LogP contribution in [0.3, 0.4) is 0 Å². The van der Waals surface area contributed by atoms with Crippen molar-refractivity contribution in [2.45, 2.75) is 11.6 Å². The highest BCUT2D eigenvalue weighted by atomic mass is 32.2. The van der Waals surface area contributed by atoms with Gasteiger partial charge < -0.3 is 10.1 Å². The topological polar surface area (TPSA) is 66.0 Å². The fourth-order valence-electron chi connectivity index (χ4n) is 2.44. The Kier molecular flexibility index (Phi) is 4.48. The van der Waals surface area contributed by atoms with E-state index >= 15 is 0 Å². The highest BCUT2D eigenvalue weighted by Gasteiger charge is 2.14. The summed E-state index contributed by atoms with van der Waals surface area (Å²) in [6, 6.07) is 16.6. The zero-order valence-electron chi connectivity index (χ0n) is 12.6. The number of hydrogen-bond donors (Lipinski definition) is 2. The molecule has 5 heteroatoms. The molecule has 1 heterocycles. The Labute approximate surface area is 138 Å². The number of hydrogen-bond acceptors (Lipinski definition) is 4. The molecule has 3 rings (SSSR count). The Morgan fingerprint density at radius 2 is 1.91 bits per heavy atom. The number of phenols is 1. The van der Waals surface area contributed by atoms with Crippen molar-refractivity contribution in [1.82, 2.24) is 9.97 Å². The molecule has 3 aromatic rings. The lowest BCUT2D eigenvalue weighted by Gasteiger charge is -2.10. The second-order valence-electron chi connectivity index (χ2n) is 5.12. The largest absolute Gasteiger partial charge is 0.508 e. The van der Waals surface area contributed by atoms with Crippen molar-refractivity contribution in [3.05, 3.63) is 76.1 Å². The van der Waals surface area contributed by atoms with E-state index in [2.05, 4.69) is 9.97 Å². The summed E-state index contributed by atoms with van der Waals surface area (Å²) in [5, 5.41) is 10.2. The number of thioether (sulfide) groups is 1. The number of benzene rings is 2. The molecule has 0 saturated heterocycles. The number of H-pyrrole nitrogens is 1.